The number of halogens is 1. The summed E-state index contributed by atoms with van der Waals surface area (Å²) in [5.74, 6) is 0.425. The minimum absolute atomic E-state index is 0.217. The summed E-state index contributed by atoms with van der Waals surface area (Å²) in [6, 6.07) is 0.259. The number of hydrogen-bond acceptors (Lipinski definition) is 2. The molecule has 3 nitrogen and oxygen atoms in total. The molecule has 0 amide bonds. The van der Waals surface area contributed by atoms with Crippen LogP contribution in [0.3, 0.4) is 0 Å². The maximum atomic E-state index is 5.94. The van der Waals surface area contributed by atoms with Gasteiger partial charge in [0.15, 0.2) is 0 Å². The Morgan fingerprint density at radius 1 is 1.67 bits per heavy atom. The Morgan fingerprint density at radius 3 is 2.58 bits per heavy atom. The SMILES string of the molecule is CC1(C)[C@@H](N)[C@@H]1c1[nH]ncc1Br. The Morgan fingerprint density at radius 2 is 2.25 bits per heavy atom. The van der Waals surface area contributed by atoms with Crippen LogP contribution in [0.1, 0.15) is 25.5 Å². The van der Waals surface area contributed by atoms with Crippen LogP contribution in [0, 0.1) is 5.41 Å². The number of aromatic amines is 1. The maximum Gasteiger partial charge on any atom is 0.0632 e. The van der Waals surface area contributed by atoms with Gasteiger partial charge in [-0.25, -0.2) is 0 Å². The van der Waals surface area contributed by atoms with Gasteiger partial charge in [0.25, 0.3) is 0 Å². The van der Waals surface area contributed by atoms with Crippen LogP contribution >= 0.6 is 15.9 Å². The van der Waals surface area contributed by atoms with Crippen LogP contribution in [0.25, 0.3) is 0 Å². The first kappa shape index (κ1) is 8.26. The Labute approximate surface area is 79.9 Å². The lowest BCUT2D eigenvalue weighted by molar-refractivity contribution is 0.594. The van der Waals surface area contributed by atoms with Crippen LogP contribution in [0.4, 0.5) is 0 Å². The molecule has 66 valence electrons. The third-order valence-corrected chi connectivity index (χ3v) is 3.47. The summed E-state index contributed by atoms with van der Waals surface area (Å²) in [5.41, 5.74) is 7.28. The molecule has 0 bridgehead atoms. The second-order valence-corrected chi connectivity index (χ2v) is 4.81. The first-order chi connectivity index (χ1) is 5.55. The van der Waals surface area contributed by atoms with Gasteiger partial charge in [-0.2, -0.15) is 5.10 Å². The highest BCUT2D eigenvalue weighted by molar-refractivity contribution is 9.10. The second-order valence-electron chi connectivity index (χ2n) is 3.96. The number of aromatic nitrogens is 2. The summed E-state index contributed by atoms with van der Waals surface area (Å²) in [7, 11) is 0. The minimum atomic E-state index is 0.217. The molecule has 1 saturated carbocycles. The molecule has 1 aromatic heterocycles. The summed E-state index contributed by atoms with van der Waals surface area (Å²) in [4.78, 5) is 0. The maximum absolute atomic E-state index is 5.94. The van der Waals surface area contributed by atoms with Gasteiger partial charge in [-0.1, -0.05) is 13.8 Å². The summed E-state index contributed by atoms with van der Waals surface area (Å²) in [6.07, 6.45) is 1.77. The Balaban J connectivity index is 2.30. The average molecular weight is 230 g/mol. The summed E-state index contributed by atoms with van der Waals surface area (Å²) in [5, 5.41) is 6.93. The number of nitrogens with zero attached hydrogens (tertiary/aromatic N) is 1. The van der Waals surface area contributed by atoms with Crippen molar-refractivity contribution in [2.24, 2.45) is 11.1 Å². The molecular weight excluding hydrogens is 218 g/mol. The summed E-state index contributed by atoms with van der Waals surface area (Å²) >= 11 is 3.44. The van der Waals surface area contributed by atoms with Crippen molar-refractivity contribution in [3.8, 4) is 0 Å². The van der Waals surface area contributed by atoms with E-state index in [0.29, 0.717) is 5.92 Å². The minimum Gasteiger partial charge on any atom is -0.327 e. The molecule has 1 aliphatic rings. The van der Waals surface area contributed by atoms with Gasteiger partial charge in [0.05, 0.1) is 16.4 Å². The van der Waals surface area contributed by atoms with Crippen molar-refractivity contribution in [1.82, 2.24) is 10.2 Å². The monoisotopic (exact) mass is 229 g/mol. The lowest BCUT2D eigenvalue weighted by Crippen LogP contribution is -2.06. The fourth-order valence-corrected chi connectivity index (χ4v) is 2.17. The second kappa shape index (κ2) is 2.33. The van der Waals surface area contributed by atoms with Gasteiger partial charge in [0.1, 0.15) is 0 Å². The largest absolute Gasteiger partial charge is 0.327 e. The van der Waals surface area contributed by atoms with E-state index in [1.165, 1.54) is 0 Å². The van der Waals surface area contributed by atoms with Crippen molar-refractivity contribution in [2.45, 2.75) is 25.8 Å². The zero-order valence-electron chi connectivity index (χ0n) is 7.13. The molecule has 0 spiro atoms. The Hall–Kier alpha value is -0.350. The number of H-pyrrole nitrogens is 1. The average Bonchev–Trinajstić information content (AvgIpc) is 2.39. The van der Waals surface area contributed by atoms with Crippen molar-refractivity contribution >= 4 is 15.9 Å². The van der Waals surface area contributed by atoms with Crippen LogP contribution < -0.4 is 5.73 Å². The van der Waals surface area contributed by atoms with Gasteiger partial charge in [-0.05, 0) is 21.3 Å². The molecule has 0 radical (unpaired) electrons. The van der Waals surface area contributed by atoms with Crippen molar-refractivity contribution in [3.63, 3.8) is 0 Å². The van der Waals surface area contributed by atoms with Gasteiger partial charge in [-0.15, -0.1) is 0 Å². The van der Waals surface area contributed by atoms with Crippen LogP contribution in [0.5, 0.6) is 0 Å². The molecule has 0 saturated heterocycles. The van der Waals surface area contributed by atoms with Crippen molar-refractivity contribution in [1.29, 1.82) is 0 Å². The Bertz CT molecular complexity index is 305. The molecule has 12 heavy (non-hydrogen) atoms. The molecule has 4 heteroatoms. The Kier molecular flexibility index (Phi) is 1.60. The summed E-state index contributed by atoms with van der Waals surface area (Å²) < 4.78 is 1.04. The molecule has 3 N–H and O–H groups in total. The molecule has 0 aromatic carbocycles. The first-order valence-electron chi connectivity index (χ1n) is 3.99. The number of hydrogen-bond donors (Lipinski definition) is 2. The van der Waals surface area contributed by atoms with E-state index in [1.807, 2.05) is 0 Å². The lowest BCUT2D eigenvalue weighted by atomic mass is 10.1. The highest BCUT2D eigenvalue weighted by atomic mass is 79.9. The fourth-order valence-electron chi connectivity index (χ4n) is 1.73. The van der Waals surface area contributed by atoms with Gasteiger partial charge in [0.2, 0.25) is 0 Å². The standard InChI is InChI=1S/C8H12BrN3/c1-8(2)5(7(8)10)6-4(9)3-11-12-6/h3,5,7H,10H2,1-2H3,(H,11,12)/t5-,7-/m0/s1. The smallest absolute Gasteiger partial charge is 0.0632 e. The van der Waals surface area contributed by atoms with Crippen molar-refractivity contribution < 1.29 is 0 Å². The number of nitrogens with two attached hydrogens (primary N) is 1. The third-order valence-electron chi connectivity index (χ3n) is 2.84. The molecule has 1 aromatic rings. The summed E-state index contributed by atoms with van der Waals surface area (Å²) in [6.45, 7) is 4.35. The van der Waals surface area contributed by atoms with Gasteiger partial charge < -0.3 is 5.73 Å². The first-order valence-corrected chi connectivity index (χ1v) is 4.79. The highest BCUT2D eigenvalue weighted by Crippen LogP contribution is 2.57. The molecule has 0 aliphatic heterocycles. The predicted octanol–water partition coefficient (Wildman–Crippen LogP) is 1.62. The molecule has 2 atom stereocenters. The molecular formula is C8H12BrN3. The van der Waals surface area contributed by atoms with Gasteiger partial charge in [-0.3, -0.25) is 5.10 Å². The van der Waals surface area contributed by atoms with E-state index in [1.54, 1.807) is 6.20 Å². The quantitative estimate of drug-likeness (QED) is 0.770. The molecule has 0 unspecified atom stereocenters. The normalized spacial score (nSPS) is 32.0. The zero-order chi connectivity index (χ0) is 8.93. The molecule has 2 rings (SSSR count). The number of nitrogens with one attached hydrogen (secondary N) is 1. The molecule has 1 heterocycles. The fraction of sp³-hybridized carbons (Fsp3) is 0.625. The highest BCUT2D eigenvalue weighted by Gasteiger charge is 2.57. The third kappa shape index (κ3) is 0.944. The molecule has 1 aliphatic carbocycles. The van der Waals surface area contributed by atoms with E-state index in [0.717, 1.165) is 10.2 Å². The molecule has 1 fully saturated rings. The van der Waals surface area contributed by atoms with E-state index in [4.69, 9.17) is 5.73 Å². The van der Waals surface area contributed by atoms with Crippen LogP contribution in [-0.4, -0.2) is 16.2 Å². The predicted molar refractivity (Wildman–Crippen MR) is 50.8 cm³/mol. The van der Waals surface area contributed by atoms with Gasteiger partial charge in [0, 0.05) is 12.0 Å². The topological polar surface area (TPSA) is 54.7 Å². The van der Waals surface area contributed by atoms with E-state index in [-0.39, 0.29) is 11.5 Å². The van der Waals surface area contributed by atoms with E-state index in [2.05, 4.69) is 40.0 Å². The van der Waals surface area contributed by atoms with Crippen LogP contribution in [0.2, 0.25) is 0 Å². The van der Waals surface area contributed by atoms with Gasteiger partial charge >= 0.3 is 0 Å². The van der Waals surface area contributed by atoms with Crippen molar-refractivity contribution in [2.75, 3.05) is 0 Å². The van der Waals surface area contributed by atoms with E-state index >= 15 is 0 Å². The number of rotatable bonds is 1. The van der Waals surface area contributed by atoms with Crippen LogP contribution in [0.15, 0.2) is 10.7 Å². The zero-order valence-corrected chi connectivity index (χ0v) is 8.72. The van der Waals surface area contributed by atoms with Crippen LogP contribution in [-0.2, 0) is 0 Å². The van der Waals surface area contributed by atoms with E-state index in [9.17, 15) is 0 Å². The van der Waals surface area contributed by atoms with E-state index < -0.39 is 0 Å². The lowest BCUT2D eigenvalue weighted by Gasteiger charge is -1.99. The van der Waals surface area contributed by atoms with Crippen molar-refractivity contribution in [3.05, 3.63) is 16.4 Å².